The molecule has 3 aromatic carbocycles. The maximum Gasteiger partial charge on any atom is 0.323 e. The van der Waals surface area contributed by atoms with Gasteiger partial charge in [0.25, 0.3) is 0 Å². The molecule has 3 rings (SSSR count). The van der Waals surface area contributed by atoms with Gasteiger partial charge < -0.3 is 15.7 Å². The van der Waals surface area contributed by atoms with E-state index in [0.717, 1.165) is 15.5 Å². The van der Waals surface area contributed by atoms with Crippen molar-refractivity contribution in [1.82, 2.24) is 0 Å². The molecule has 0 aliphatic rings. The Kier molecular flexibility index (Phi) is 5.03. The number of benzene rings is 3. The number of carbonyl (C=O) groups is 1. The van der Waals surface area contributed by atoms with Crippen LogP contribution in [0.5, 0.6) is 5.75 Å². The minimum absolute atomic E-state index is 0.104. The zero-order chi connectivity index (χ0) is 16.8. The minimum Gasteiger partial charge on any atom is -0.508 e. The Morgan fingerprint density at radius 3 is 2.38 bits per heavy atom. The maximum absolute atomic E-state index is 12.2. The highest BCUT2D eigenvalue weighted by atomic mass is 32.2. The van der Waals surface area contributed by atoms with Crippen LogP contribution in [-0.4, -0.2) is 11.1 Å². The number of anilines is 2. The predicted octanol–water partition coefficient (Wildman–Crippen LogP) is 5.19. The summed E-state index contributed by atoms with van der Waals surface area (Å²) in [5, 5.41) is 15.0. The van der Waals surface area contributed by atoms with Crippen LogP contribution < -0.4 is 10.6 Å². The smallest absolute Gasteiger partial charge is 0.323 e. The van der Waals surface area contributed by atoms with Crippen molar-refractivity contribution in [2.75, 3.05) is 10.6 Å². The lowest BCUT2D eigenvalue weighted by atomic mass is 10.3. The Morgan fingerprint density at radius 1 is 0.833 bits per heavy atom. The number of nitrogens with one attached hydrogen (secondary N) is 2. The van der Waals surface area contributed by atoms with Crippen LogP contribution in [0.2, 0.25) is 0 Å². The summed E-state index contributed by atoms with van der Waals surface area (Å²) in [6, 6.07) is 23.7. The molecular formula is C19H16N2O2S. The third-order valence-corrected chi connectivity index (χ3v) is 4.29. The number of phenols is 1. The van der Waals surface area contributed by atoms with E-state index in [0.29, 0.717) is 5.69 Å². The fourth-order valence-corrected chi connectivity index (χ4v) is 3.07. The lowest BCUT2D eigenvalue weighted by Gasteiger charge is -2.12. The maximum atomic E-state index is 12.2. The Labute approximate surface area is 144 Å². The minimum atomic E-state index is -0.360. The number of phenolic OH excluding ortho intramolecular Hbond substituents is 1. The monoisotopic (exact) mass is 336 g/mol. The summed E-state index contributed by atoms with van der Waals surface area (Å²) in [7, 11) is 0. The summed E-state index contributed by atoms with van der Waals surface area (Å²) < 4.78 is 0. The van der Waals surface area contributed by atoms with Crippen molar-refractivity contribution in [3.8, 4) is 5.75 Å². The number of hydrogen-bond acceptors (Lipinski definition) is 3. The van der Waals surface area contributed by atoms with Gasteiger partial charge in [-0.05, 0) is 36.4 Å². The van der Waals surface area contributed by atoms with Crippen LogP contribution in [0.3, 0.4) is 0 Å². The first kappa shape index (κ1) is 16.0. The molecule has 0 radical (unpaired) electrons. The first-order valence-electron chi connectivity index (χ1n) is 7.40. The molecule has 0 atom stereocenters. The normalized spacial score (nSPS) is 10.2. The fourth-order valence-electron chi connectivity index (χ4n) is 2.14. The first-order valence-corrected chi connectivity index (χ1v) is 8.21. The number of carbonyl (C=O) groups excluding carboxylic acids is 1. The van der Waals surface area contributed by atoms with Crippen LogP contribution in [0, 0.1) is 0 Å². The van der Waals surface area contributed by atoms with E-state index in [4.69, 9.17) is 0 Å². The van der Waals surface area contributed by atoms with Crippen molar-refractivity contribution in [3.05, 3.63) is 78.9 Å². The van der Waals surface area contributed by atoms with Gasteiger partial charge in [0.1, 0.15) is 5.75 Å². The largest absolute Gasteiger partial charge is 0.508 e. The SMILES string of the molecule is O=C(Nc1cccc(O)c1)Nc1ccccc1Sc1ccccc1. The number of hydrogen-bond donors (Lipinski definition) is 3. The molecule has 24 heavy (non-hydrogen) atoms. The van der Waals surface area contributed by atoms with E-state index in [1.54, 1.807) is 30.0 Å². The van der Waals surface area contributed by atoms with Crippen LogP contribution in [-0.2, 0) is 0 Å². The third kappa shape index (κ3) is 4.30. The zero-order valence-corrected chi connectivity index (χ0v) is 13.6. The van der Waals surface area contributed by atoms with E-state index in [2.05, 4.69) is 10.6 Å². The Balaban J connectivity index is 1.72. The van der Waals surface area contributed by atoms with Gasteiger partial charge in [-0.2, -0.15) is 0 Å². The Morgan fingerprint density at radius 2 is 1.58 bits per heavy atom. The van der Waals surface area contributed by atoms with Crippen molar-refractivity contribution in [2.24, 2.45) is 0 Å². The van der Waals surface area contributed by atoms with Crippen LogP contribution in [0.15, 0.2) is 88.7 Å². The Hall–Kier alpha value is -2.92. The molecule has 0 saturated heterocycles. The highest BCUT2D eigenvalue weighted by Crippen LogP contribution is 2.33. The molecule has 5 heteroatoms. The highest BCUT2D eigenvalue weighted by molar-refractivity contribution is 7.99. The summed E-state index contributed by atoms with van der Waals surface area (Å²) in [5.41, 5.74) is 1.25. The van der Waals surface area contributed by atoms with E-state index in [1.807, 2.05) is 54.6 Å². The lowest BCUT2D eigenvalue weighted by molar-refractivity contribution is 0.262. The van der Waals surface area contributed by atoms with Gasteiger partial charge in [-0.15, -0.1) is 0 Å². The quantitative estimate of drug-likeness (QED) is 0.614. The summed E-state index contributed by atoms with van der Waals surface area (Å²) in [6.45, 7) is 0. The molecule has 0 spiro atoms. The number of amides is 2. The van der Waals surface area contributed by atoms with Gasteiger partial charge in [0.2, 0.25) is 0 Å². The highest BCUT2D eigenvalue weighted by Gasteiger charge is 2.08. The predicted molar refractivity (Wildman–Crippen MR) is 97.8 cm³/mol. The molecule has 0 saturated carbocycles. The van der Waals surface area contributed by atoms with Gasteiger partial charge in [0.05, 0.1) is 5.69 Å². The summed E-state index contributed by atoms with van der Waals surface area (Å²) in [5.74, 6) is 0.104. The molecule has 2 amide bonds. The molecule has 0 heterocycles. The van der Waals surface area contributed by atoms with Crippen LogP contribution in [0.25, 0.3) is 0 Å². The molecule has 4 nitrogen and oxygen atoms in total. The van der Waals surface area contributed by atoms with Crippen molar-refractivity contribution < 1.29 is 9.90 Å². The lowest BCUT2D eigenvalue weighted by Crippen LogP contribution is -2.19. The van der Waals surface area contributed by atoms with E-state index in [1.165, 1.54) is 6.07 Å². The standard InChI is InChI=1S/C19H16N2O2S/c22-15-8-6-7-14(13-15)20-19(23)21-17-11-4-5-12-18(17)24-16-9-2-1-3-10-16/h1-13,22H,(H2,20,21,23). The van der Waals surface area contributed by atoms with E-state index < -0.39 is 0 Å². The second kappa shape index (κ2) is 7.57. The third-order valence-electron chi connectivity index (χ3n) is 3.21. The summed E-state index contributed by atoms with van der Waals surface area (Å²) >= 11 is 1.58. The van der Waals surface area contributed by atoms with Crippen molar-refractivity contribution in [1.29, 1.82) is 0 Å². The summed E-state index contributed by atoms with van der Waals surface area (Å²) in [4.78, 5) is 14.2. The van der Waals surface area contributed by atoms with Gasteiger partial charge in [-0.3, -0.25) is 0 Å². The van der Waals surface area contributed by atoms with Gasteiger partial charge in [-0.1, -0.05) is 48.2 Å². The molecule has 0 bridgehead atoms. The van der Waals surface area contributed by atoms with E-state index in [9.17, 15) is 9.90 Å². The first-order chi connectivity index (χ1) is 11.7. The molecule has 3 N–H and O–H groups in total. The average molecular weight is 336 g/mol. The average Bonchev–Trinajstić information content (AvgIpc) is 2.57. The molecule has 0 aliphatic carbocycles. The topological polar surface area (TPSA) is 61.4 Å². The van der Waals surface area contributed by atoms with E-state index >= 15 is 0 Å². The summed E-state index contributed by atoms with van der Waals surface area (Å²) in [6.07, 6.45) is 0. The van der Waals surface area contributed by atoms with Crippen LogP contribution >= 0.6 is 11.8 Å². The van der Waals surface area contributed by atoms with Crippen LogP contribution in [0.1, 0.15) is 0 Å². The molecule has 3 aromatic rings. The van der Waals surface area contributed by atoms with Crippen molar-refractivity contribution >= 4 is 29.2 Å². The van der Waals surface area contributed by atoms with Crippen molar-refractivity contribution in [2.45, 2.75) is 9.79 Å². The second-order valence-corrected chi connectivity index (χ2v) is 6.16. The fraction of sp³-hybridized carbons (Fsp3) is 0. The van der Waals surface area contributed by atoms with Gasteiger partial charge in [0.15, 0.2) is 0 Å². The number of urea groups is 1. The van der Waals surface area contributed by atoms with Gasteiger partial charge in [-0.25, -0.2) is 4.79 Å². The zero-order valence-electron chi connectivity index (χ0n) is 12.8. The second-order valence-electron chi connectivity index (χ2n) is 5.04. The molecular weight excluding hydrogens is 320 g/mol. The van der Waals surface area contributed by atoms with Crippen LogP contribution in [0.4, 0.5) is 16.2 Å². The number of rotatable bonds is 4. The Bertz CT molecular complexity index is 838. The van der Waals surface area contributed by atoms with Crippen molar-refractivity contribution in [3.63, 3.8) is 0 Å². The van der Waals surface area contributed by atoms with E-state index in [-0.39, 0.29) is 11.8 Å². The number of para-hydroxylation sites is 1. The van der Waals surface area contributed by atoms with Gasteiger partial charge >= 0.3 is 6.03 Å². The molecule has 0 aliphatic heterocycles. The number of aromatic hydroxyl groups is 1. The van der Waals surface area contributed by atoms with Gasteiger partial charge in [0, 0.05) is 21.5 Å². The molecule has 0 aromatic heterocycles. The molecule has 120 valence electrons. The molecule has 0 fully saturated rings. The molecule has 0 unspecified atom stereocenters.